The predicted octanol–water partition coefficient (Wildman–Crippen LogP) is 3.60. The molecule has 1 atom stereocenters. The number of carbonyl (C=O) groups excluding carboxylic acids is 2. The molecule has 1 unspecified atom stereocenters. The number of piperidine rings is 1. The van der Waals surface area contributed by atoms with E-state index in [1.807, 2.05) is 59.3 Å². The van der Waals surface area contributed by atoms with Gasteiger partial charge in [-0.15, -0.1) is 0 Å². The number of aromatic nitrogens is 1. The molecular weight excluding hydrogens is 476 g/mol. The number of allylic oxidation sites excluding steroid dienone is 1. The molecule has 0 aliphatic carbocycles. The maximum atomic E-state index is 13.6. The molecule has 38 heavy (non-hydrogen) atoms. The van der Waals surface area contributed by atoms with E-state index in [0.717, 1.165) is 66.1 Å². The number of benzene rings is 1. The fourth-order valence-corrected chi connectivity index (χ4v) is 5.32. The van der Waals surface area contributed by atoms with Gasteiger partial charge in [-0.05, 0) is 96.2 Å². The van der Waals surface area contributed by atoms with Crippen LogP contribution in [0.25, 0.3) is 11.1 Å². The second-order valence-corrected chi connectivity index (χ2v) is 10.8. The van der Waals surface area contributed by atoms with E-state index in [4.69, 9.17) is 0 Å². The minimum Gasteiger partial charge on any atom is -0.371 e. The van der Waals surface area contributed by atoms with Gasteiger partial charge in [0, 0.05) is 54.9 Å². The zero-order valence-electron chi connectivity index (χ0n) is 23.5. The first kappa shape index (κ1) is 27.7. The van der Waals surface area contributed by atoms with Crippen molar-refractivity contribution in [1.82, 2.24) is 20.5 Å². The van der Waals surface area contributed by atoms with Crippen molar-refractivity contribution in [2.45, 2.75) is 46.2 Å². The molecule has 2 aliphatic heterocycles. The van der Waals surface area contributed by atoms with E-state index in [1.54, 1.807) is 0 Å². The molecule has 2 amide bonds. The van der Waals surface area contributed by atoms with E-state index >= 15 is 0 Å². The number of pyridine rings is 1. The number of hydrogen-bond acceptors (Lipinski definition) is 6. The van der Waals surface area contributed by atoms with Crippen LogP contribution in [-0.4, -0.2) is 74.2 Å². The Kier molecular flexibility index (Phi) is 8.74. The molecule has 2 N–H and O–H groups in total. The van der Waals surface area contributed by atoms with Gasteiger partial charge in [0.2, 0.25) is 0 Å². The van der Waals surface area contributed by atoms with E-state index in [0.29, 0.717) is 17.3 Å². The Bertz CT molecular complexity index is 1240. The lowest BCUT2D eigenvalue weighted by atomic mass is 9.94. The first-order valence-corrected chi connectivity index (χ1v) is 13.4. The molecule has 1 aromatic carbocycles. The summed E-state index contributed by atoms with van der Waals surface area (Å²) in [5, 5.41) is 6.46. The molecule has 1 aromatic heterocycles. The van der Waals surface area contributed by atoms with Crippen LogP contribution in [0.3, 0.4) is 0 Å². The Balaban J connectivity index is 1.65. The Hall–Kier alpha value is -3.36. The number of anilines is 1. The molecule has 0 radical (unpaired) electrons. The van der Waals surface area contributed by atoms with Crippen molar-refractivity contribution in [3.63, 3.8) is 0 Å². The molecule has 1 fully saturated rings. The Morgan fingerprint density at radius 3 is 2.45 bits per heavy atom. The van der Waals surface area contributed by atoms with Gasteiger partial charge in [-0.3, -0.25) is 14.6 Å². The van der Waals surface area contributed by atoms with E-state index < -0.39 is 5.92 Å². The quantitative estimate of drug-likeness (QED) is 0.557. The highest BCUT2D eigenvalue weighted by Gasteiger charge is 2.26. The zero-order chi connectivity index (χ0) is 27.4. The van der Waals surface area contributed by atoms with Gasteiger partial charge in [0.1, 0.15) is 0 Å². The van der Waals surface area contributed by atoms with E-state index in [1.165, 1.54) is 0 Å². The van der Waals surface area contributed by atoms with E-state index in [9.17, 15) is 9.59 Å². The fraction of sp³-hybridized carbons (Fsp3) is 0.467. The second-order valence-electron chi connectivity index (χ2n) is 10.8. The van der Waals surface area contributed by atoms with Crippen molar-refractivity contribution < 1.29 is 9.59 Å². The van der Waals surface area contributed by atoms with Crippen LogP contribution in [0.4, 0.5) is 5.69 Å². The lowest BCUT2D eigenvalue weighted by Crippen LogP contribution is -2.41. The van der Waals surface area contributed by atoms with Crippen LogP contribution < -0.4 is 15.5 Å². The molecule has 4 rings (SSSR count). The van der Waals surface area contributed by atoms with Crippen molar-refractivity contribution >= 4 is 23.2 Å². The normalized spacial score (nSPS) is 18.3. The number of hydrogen-bond donors (Lipinski definition) is 2. The van der Waals surface area contributed by atoms with Crippen LogP contribution in [0.15, 0.2) is 47.1 Å². The first-order chi connectivity index (χ1) is 18.1. The molecule has 3 heterocycles. The first-order valence-electron chi connectivity index (χ1n) is 13.4. The third-order valence-corrected chi connectivity index (χ3v) is 7.54. The van der Waals surface area contributed by atoms with E-state index in [-0.39, 0.29) is 18.4 Å². The number of aliphatic imine (C=N–C) groups is 1. The molecule has 2 aliphatic rings. The zero-order valence-corrected chi connectivity index (χ0v) is 23.5. The fourth-order valence-electron chi connectivity index (χ4n) is 5.32. The van der Waals surface area contributed by atoms with Gasteiger partial charge in [0.15, 0.2) is 0 Å². The average Bonchev–Trinajstić information content (AvgIpc) is 2.88. The summed E-state index contributed by atoms with van der Waals surface area (Å²) in [4.78, 5) is 39.2. The minimum atomic E-state index is -0.434. The van der Waals surface area contributed by atoms with Crippen LogP contribution in [0, 0.1) is 12.8 Å². The lowest BCUT2D eigenvalue weighted by Gasteiger charge is -2.35. The molecule has 202 valence electrons. The largest absolute Gasteiger partial charge is 0.371 e. The van der Waals surface area contributed by atoms with Crippen molar-refractivity contribution in [2.75, 3.05) is 45.7 Å². The highest BCUT2D eigenvalue weighted by atomic mass is 16.2. The molecule has 0 bridgehead atoms. The van der Waals surface area contributed by atoms with Crippen LogP contribution in [0.5, 0.6) is 0 Å². The maximum absolute atomic E-state index is 13.6. The summed E-state index contributed by atoms with van der Waals surface area (Å²) in [6.45, 7) is 8.70. The summed E-state index contributed by atoms with van der Waals surface area (Å²) in [6.07, 6.45) is 5.90. The SMILES string of the molecule is CC1=CC(C)=NC(=O)C1CNC(=O)c1cc(-c2ccc(CN(C)C)nc2)cc(N(C)C2CCNCC2)c1C. The number of amides is 2. The van der Waals surface area contributed by atoms with Gasteiger partial charge < -0.3 is 20.4 Å². The van der Waals surface area contributed by atoms with Crippen LogP contribution in [0.1, 0.15) is 48.3 Å². The molecule has 1 saturated heterocycles. The summed E-state index contributed by atoms with van der Waals surface area (Å²) < 4.78 is 0. The highest BCUT2D eigenvalue weighted by Crippen LogP contribution is 2.33. The third-order valence-electron chi connectivity index (χ3n) is 7.54. The predicted molar refractivity (Wildman–Crippen MR) is 154 cm³/mol. The standard InChI is InChI=1S/C30H40N6O2/c1-19-13-20(2)34-30(38)27(19)17-33-29(37)26-14-23(22-7-8-24(32-16-22)18-35(4)5)15-28(21(26)3)36(6)25-9-11-31-12-10-25/h7-8,13-16,25,27,31H,9-12,17-18H2,1-6H3,(H,33,37). The number of dihydropyridines is 1. The number of nitrogens with zero attached hydrogens (tertiary/aromatic N) is 4. The smallest absolute Gasteiger partial charge is 0.254 e. The van der Waals surface area contributed by atoms with Crippen molar-refractivity contribution in [1.29, 1.82) is 0 Å². The molecule has 8 nitrogen and oxygen atoms in total. The molecule has 2 aromatic rings. The van der Waals surface area contributed by atoms with Crippen LogP contribution >= 0.6 is 0 Å². The van der Waals surface area contributed by atoms with E-state index in [2.05, 4.69) is 49.6 Å². The van der Waals surface area contributed by atoms with Gasteiger partial charge >= 0.3 is 0 Å². The van der Waals surface area contributed by atoms with Gasteiger partial charge in [0.25, 0.3) is 11.8 Å². The summed E-state index contributed by atoms with van der Waals surface area (Å²) in [7, 11) is 6.17. The Morgan fingerprint density at radius 1 is 1.08 bits per heavy atom. The average molecular weight is 517 g/mol. The monoisotopic (exact) mass is 516 g/mol. The second kappa shape index (κ2) is 12.0. The summed E-state index contributed by atoms with van der Waals surface area (Å²) >= 11 is 0. The van der Waals surface area contributed by atoms with Crippen molar-refractivity contribution in [2.24, 2.45) is 10.9 Å². The highest BCUT2D eigenvalue weighted by molar-refractivity contribution is 6.06. The van der Waals surface area contributed by atoms with Crippen LogP contribution in [-0.2, 0) is 11.3 Å². The number of rotatable bonds is 8. The summed E-state index contributed by atoms with van der Waals surface area (Å²) in [5.41, 5.74) is 7.12. The number of carbonyl (C=O) groups is 2. The van der Waals surface area contributed by atoms with Gasteiger partial charge in [0.05, 0.1) is 11.6 Å². The summed E-state index contributed by atoms with van der Waals surface area (Å²) in [5.74, 6) is -0.826. The third kappa shape index (κ3) is 6.37. The van der Waals surface area contributed by atoms with Gasteiger partial charge in [-0.2, -0.15) is 0 Å². The van der Waals surface area contributed by atoms with Gasteiger partial charge in [-0.1, -0.05) is 11.6 Å². The molecular formula is C30H40N6O2. The van der Waals surface area contributed by atoms with Crippen molar-refractivity contribution in [3.8, 4) is 11.1 Å². The number of nitrogens with one attached hydrogen (secondary N) is 2. The Morgan fingerprint density at radius 2 is 1.82 bits per heavy atom. The topological polar surface area (TPSA) is 89.9 Å². The minimum absolute atomic E-state index is 0.187. The molecule has 0 spiro atoms. The molecule has 8 heteroatoms. The Labute approximate surface area is 226 Å². The summed E-state index contributed by atoms with van der Waals surface area (Å²) in [6, 6.07) is 8.63. The lowest BCUT2D eigenvalue weighted by molar-refractivity contribution is -0.120. The molecule has 0 saturated carbocycles. The maximum Gasteiger partial charge on any atom is 0.254 e. The van der Waals surface area contributed by atoms with Crippen LogP contribution in [0.2, 0.25) is 0 Å². The van der Waals surface area contributed by atoms with Gasteiger partial charge in [-0.25, -0.2) is 4.99 Å². The van der Waals surface area contributed by atoms with Crippen molar-refractivity contribution in [3.05, 3.63) is 58.9 Å².